The monoisotopic (exact) mass is 567 g/mol. The first kappa shape index (κ1) is 32.2. The Labute approximate surface area is 230 Å². The van der Waals surface area contributed by atoms with Crippen LogP contribution in [0, 0.1) is 0 Å². The molecule has 1 heterocycles. The summed E-state index contributed by atoms with van der Waals surface area (Å²) in [6, 6.07) is 7.17. The summed E-state index contributed by atoms with van der Waals surface area (Å²) in [6.07, 6.45) is -7.02. The van der Waals surface area contributed by atoms with E-state index in [9.17, 15) is 33.9 Å². The van der Waals surface area contributed by atoms with Gasteiger partial charge in [0.2, 0.25) is 5.91 Å². The van der Waals surface area contributed by atoms with Gasteiger partial charge in [-0.1, -0.05) is 30.3 Å². The van der Waals surface area contributed by atoms with E-state index < -0.39 is 85.0 Å². The Kier molecular flexibility index (Phi) is 11.6. The predicted molar refractivity (Wildman–Crippen MR) is 132 cm³/mol. The minimum atomic E-state index is -2.78. The van der Waals surface area contributed by atoms with Gasteiger partial charge < -0.3 is 38.8 Å². The van der Waals surface area contributed by atoms with Crippen molar-refractivity contribution in [3.05, 3.63) is 35.9 Å². The van der Waals surface area contributed by atoms with Crippen LogP contribution in [0.3, 0.4) is 0 Å². The molecule has 0 saturated carbocycles. The maximum absolute atomic E-state index is 13.1. The van der Waals surface area contributed by atoms with Crippen LogP contribution in [0.1, 0.15) is 46.6 Å². The molecule has 1 saturated heterocycles. The minimum absolute atomic E-state index is 0.251. The zero-order valence-corrected chi connectivity index (χ0v) is 22.7. The fourth-order valence-electron chi connectivity index (χ4n) is 4.09. The van der Waals surface area contributed by atoms with Gasteiger partial charge in [-0.25, -0.2) is 4.79 Å². The summed E-state index contributed by atoms with van der Waals surface area (Å²) in [5, 5.41) is 13.9. The van der Waals surface area contributed by atoms with Crippen LogP contribution in [0.25, 0.3) is 0 Å². The lowest BCUT2D eigenvalue weighted by molar-refractivity contribution is -0.300. The average molecular weight is 568 g/mol. The highest BCUT2D eigenvalue weighted by molar-refractivity contribution is 5.78. The molecule has 1 aliphatic rings. The van der Waals surface area contributed by atoms with Crippen LogP contribution in [-0.4, -0.2) is 83.7 Å². The maximum atomic E-state index is 13.1. The van der Waals surface area contributed by atoms with Gasteiger partial charge in [0.1, 0.15) is 25.4 Å². The summed E-state index contributed by atoms with van der Waals surface area (Å²) < 4.78 is 31.9. The van der Waals surface area contributed by atoms with E-state index in [0.29, 0.717) is 5.56 Å². The molecule has 2 rings (SSSR count). The van der Waals surface area contributed by atoms with Crippen LogP contribution in [0.5, 0.6) is 0 Å². The highest BCUT2D eigenvalue weighted by Crippen LogP contribution is 2.35. The van der Waals surface area contributed by atoms with Crippen molar-refractivity contribution in [2.75, 3.05) is 6.61 Å². The van der Waals surface area contributed by atoms with Crippen LogP contribution in [0.15, 0.2) is 30.3 Å². The molecule has 0 bridgehead atoms. The van der Waals surface area contributed by atoms with Crippen molar-refractivity contribution in [1.82, 2.24) is 5.32 Å². The lowest BCUT2D eigenvalue weighted by Gasteiger charge is -2.47. The lowest BCUT2D eigenvalue weighted by atomic mass is 9.88. The molecule has 1 aliphatic heterocycles. The number of carbonyl (C=O) groups excluding carboxylic acids is 6. The van der Waals surface area contributed by atoms with Crippen molar-refractivity contribution in [2.45, 2.75) is 83.9 Å². The molecule has 0 unspecified atom stereocenters. The molecule has 2 N–H and O–H groups in total. The van der Waals surface area contributed by atoms with Crippen LogP contribution in [0.2, 0.25) is 0 Å². The Balaban J connectivity index is 2.56. The molecule has 6 atom stereocenters. The first-order chi connectivity index (χ1) is 18.7. The van der Waals surface area contributed by atoms with Gasteiger partial charge in [0.15, 0.2) is 12.2 Å². The minimum Gasteiger partial charge on any atom is -0.462 e. The largest absolute Gasteiger partial charge is 0.462 e. The Morgan fingerprint density at radius 1 is 0.925 bits per heavy atom. The van der Waals surface area contributed by atoms with Crippen molar-refractivity contribution in [3.8, 4) is 0 Å². The third kappa shape index (κ3) is 9.61. The molecule has 1 aromatic rings. The van der Waals surface area contributed by atoms with E-state index in [4.69, 9.17) is 28.4 Å². The number of hydrogen-bond donors (Lipinski definition) is 2. The fourth-order valence-corrected chi connectivity index (χ4v) is 4.09. The fraction of sp³-hybridized carbons (Fsp3) is 0.538. The van der Waals surface area contributed by atoms with E-state index in [1.807, 2.05) is 0 Å². The van der Waals surface area contributed by atoms with Crippen molar-refractivity contribution >= 4 is 35.8 Å². The Morgan fingerprint density at radius 2 is 1.55 bits per heavy atom. The highest BCUT2D eigenvalue weighted by atomic mass is 16.7. The molecular formula is C26H33NO13. The van der Waals surface area contributed by atoms with E-state index in [1.54, 1.807) is 30.3 Å². The molecule has 0 radical (unpaired) electrons. The van der Waals surface area contributed by atoms with Crippen molar-refractivity contribution < 1.29 is 62.3 Å². The third-order valence-corrected chi connectivity index (χ3v) is 5.54. The van der Waals surface area contributed by atoms with E-state index in [1.165, 1.54) is 0 Å². The molecule has 0 aliphatic carbocycles. The normalized spacial score (nSPS) is 23.5. The number of hydrogen-bond acceptors (Lipinski definition) is 13. The van der Waals surface area contributed by atoms with Crippen molar-refractivity contribution in [2.24, 2.45) is 0 Å². The summed E-state index contributed by atoms with van der Waals surface area (Å²) in [4.78, 5) is 72.7. The van der Waals surface area contributed by atoms with E-state index in [2.05, 4.69) is 5.32 Å². The Morgan fingerprint density at radius 3 is 2.08 bits per heavy atom. The van der Waals surface area contributed by atoms with Crippen LogP contribution in [0.4, 0.5) is 0 Å². The van der Waals surface area contributed by atoms with Gasteiger partial charge in [0, 0.05) is 34.6 Å². The van der Waals surface area contributed by atoms with Gasteiger partial charge in [-0.15, -0.1) is 0 Å². The smallest absolute Gasteiger partial charge is 0.367 e. The number of carbonyl (C=O) groups is 6. The molecule has 14 nitrogen and oxygen atoms in total. The Hall–Kier alpha value is -4.04. The summed E-state index contributed by atoms with van der Waals surface area (Å²) in [7, 11) is 0. The van der Waals surface area contributed by atoms with Crippen LogP contribution >= 0.6 is 0 Å². The van der Waals surface area contributed by atoms with Gasteiger partial charge in [-0.3, -0.25) is 24.0 Å². The summed E-state index contributed by atoms with van der Waals surface area (Å²) in [5.74, 6) is -8.07. The van der Waals surface area contributed by atoms with E-state index in [-0.39, 0.29) is 6.61 Å². The Bertz CT molecular complexity index is 1090. The van der Waals surface area contributed by atoms with Crippen LogP contribution in [-0.2, 0) is 63.8 Å². The summed E-state index contributed by atoms with van der Waals surface area (Å²) in [6.45, 7) is 4.46. The third-order valence-electron chi connectivity index (χ3n) is 5.54. The number of amides is 1. The van der Waals surface area contributed by atoms with Crippen molar-refractivity contribution in [1.29, 1.82) is 0 Å². The summed E-state index contributed by atoms with van der Waals surface area (Å²) in [5.41, 5.74) is 0.591. The predicted octanol–water partition coefficient (Wildman–Crippen LogP) is 0.0702. The van der Waals surface area contributed by atoms with Gasteiger partial charge in [0.05, 0.1) is 12.5 Å². The van der Waals surface area contributed by atoms with Gasteiger partial charge in [0.25, 0.3) is 5.79 Å². The second-order valence-electron chi connectivity index (χ2n) is 9.03. The standard InChI is InChI=1S/C26H33NO13/c1-14(28)27-22-20(37-16(3)30)11-26(34,25(33)36-12-19-9-7-6-8-10-19)40-24(22)23(39-18(5)32)21(38-17(4)31)13-35-15(2)29/h6-10,20-24,34H,11-13H2,1-5H3,(H,27,28)/t20-,21+,22+,23+,24+,26-/m0/s1. The average Bonchev–Trinajstić information content (AvgIpc) is 2.85. The molecule has 1 amide bonds. The number of aliphatic hydroxyl groups is 1. The number of nitrogens with one attached hydrogen (secondary N) is 1. The zero-order chi connectivity index (χ0) is 30.0. The molecule has 0 spiro atoms. The second-order valence-corrected chi connectivity index (χ2v) is 9.03. The second kappa shape index (κ2) is 14.4. The molecule has 40 heavy (non-hydrogen) atoms. The SMILES string of the molecule is CC(=O)N[C@H]1[C@H]([C@H](OC(C)=O)[C@@H](COC(C)=O)OC(C)=O)O[C@](O)(C(=O)OCc2ccccc2)C[C@@H]1OC(C)=O. The lowest BCUT2D eigenvalue weighted by Crippen LogP contribution is -2.68. The number of ether oxygens (including phenoxy) is 6. The number of esters is 5. The van der Waals surface area contributed by atoms with Crippen molar-refractivity contribution in [3.63, 3.8) is 0 Å². The van der Waals surface area contributed by atoms with E-state index >= 15 is 0 Å². The first-order valence-electron chi connectivity index (χ1n) is 12.2. The molecule has 1 aromatic carbocycles. The molecular weight excluding hydrogens is 534 g/mol. The summed E-state index contributed by atoms with van der Waals surface area (Å²) >= 11 is 0. The number of rotatable bonds is 11. The first-order valence-corrected chi connectivity index (χ1v) is 12.2. The van der Waals surface area contributed by atoms with Gasteiger partial charge in [-0.2, -0.15) is 0 Å². The molecule has 220 valence electrons. The van der Waals surface area contributed by atoms with Crippen LogP contribution < -0.4 is 5.32 Å². The molecule has 14 heteroatoms. The molecule has 0 aromatic heterocycles. The maximum Gasteiger partial charge on any atom is 0.367 e. The van der Waals surface area contributed by atoms with Gasteiger partial charge in [-0.05, 0) is 5.56 Å². The van der Waals surface area contributed by atoms with Gasteiger partial charge >= 0.3 is 29.8 Å². The quantitative estimate of drug-likeness (QED) is 0.270. The number of benzene rings is 1. The zero-order valence-electron chi connectivity index (χ0n) is 22.7. The highest BCUT2D eigenvalue weighted by Gasteiger charge is 2.57. The molecule has 1 fully saturated rings. The van der Waals surface area contributed by atoms with E-state index in [0.717, 1.165) is 34.6 Å². The topological polar surface area (TPSA) is 190 Å².